The zero-order valence-electron chi connectivity index (χ0n) is 11.7. The average Bonchev–Trinajstić information content (AvgIpc) is 2.45. The first-order valence-corrected chi connectivity index (χ1v) is 6.29. The van der Waals surface area contributed by atoms with Gasteiger partial charge in [-0.15, -0.1) is 0 Å². The van der Waals surface area contributed by atoms with Crippen molar-refractivity contribution in [1.29, 1.82) is 0 Å². The summed E-state index contributed by atoms with van der Waals surface area (Å²) in [4.78, 5) is 14.0. The second-order valence-corrected chi connectivity index (χ2v) is 4.12. The van der Waals surface area contributed by atoms with E-state index in [1.54, 1.807) is 37.3 Å². The van der Waals surface area contributed by atoms with Gasteiger partial charge in [-0.25, -0.2) is 0 Å². The van der Waals surface area contributed by atoms with Crippen LogP contribution in [0.2, 0.25) is 0 Å². The van der Waals surface area contributed by atoms with Crippen molar-refractivity contribution < 1.29 is 19.4 Å². The average molecular weight is 267 g/mol. The Morgan fingerprint density at radius 2 is 1.74 bits per heavy atom. The van der Waals surface area contributed by atoms with E-state index in [1.165, 1.54) is 0 Å². The molecule has 1 amide bonds. The van der Waals surface area contributed by atoms with Crippen LogP contribution in [0, 0.1) is 0 Å². The summed E-state index contributed by atoms with van der Waals surface area (Å²) in [6.07, 6.45) is 0.840. The van der Waals surface area contributed by atoms with E-state index < -0.39 is 0 Å². The Bertz CT molecular complexity index is 392. The monoisotopic (exact) mass is 267 g/mol. The molecule has 0 spiro atoms. The summed E-state index contributed by atoms with van der Waals surface area (Å²) in [7, 11) is 3.08. The fraction of sp³-hybridized carbons (Fsp3) is 0.500. The Hall–Kier alpha value is -1.75. The number of carbonyl (C=O) groups excluding carboxylic acids is 1. The van der Waals surface area contributed by atoms with Crippen molar-refractivity contribution in [3.05, 3.63) is 23.8 Å². The number of methoxy groups -OCH3 is 2. The lowest BCUT2D eigenvalue weighted by atomic mass is 10.1. The Morgan fingerprint density at radius 3 is 2.16 bits per heavy atom. The number of amides is 1. The molecule has 0 fully saturated rings. The standard InChI is InChI=1S/C14H21NO4/c1-4-5-15(6-7-16)14(17)11-8-12(18-2)10-13(9-11)19-3/h8-10,16H,4-7H2,1-3H3. The second-order valence-electron chi connectivity index (χ2n) is 4.12. The molecule has 0 saturated heterocycles. The fourth-order valence-electron chi connectivity index (χ4n) is 1.82. The first-order chi connectivity index (χ1) is 9.15. The van der Waals surface area contributed by atoms with E-state index in [1.807, 2.05) is 6.92 Å². The van der Waals surface area contributed by atoms with E-state index in [4.69, 9.17) is 14.6 Å². The molecule has 106 valence electrons. The van der Waals surface area contributed by atoms with Gasteiger partial charge in [0.05, 0.1) is 20.8 Å². The smallest absolute Gasteiger partial charge is 0.254 e. The highest BCUT2D eigenvalue weighted by Crippen LogP contribution is 2.23. The number of nitrogens with zero attached hydrogens (tertiary/aromatic N) is 1. The number of hydrogen-bond acceptors (Lipinski definition) is 4. The van der Waals surface area contributed by atoms with Gasteiger partial charge in [-0.2, -0.15) is 0 Å². The third-order valence-electron chi connectivity index (χ3n) is 2.75. The van der Waals surface area contributed by atoms with Crippen molar-refractivity contribution >= 4 is 5.91 Å². The van der Waals surface area contributed by atoms with Gasteiger partial charge in [-0.05, 0) is 18.6 Å². The Labute approximate surface area is 113 Å². The van der Waals surface area contributed by atoms with Crippen molar-refractivity contribution in [2.45, 2.75) is 13.3 Å². The molecular weight excluding hydrogens is 246 g/mol. The van der Waals surface area contributed by atoms with Crippen LogP contribution in [0.25, 0.3) is 0 Å². The minimum atomic E-state index is -0.131. The highest BCUT2D eigenvalue weighted by molar-refractivity contribution is 5.95. The predicted octanol–water partition coefficient (Wildman–Crippen LogP) is 1.55. The second kappa shape index (κ2) is 7.63. The summed E-state index contributed by atoms with van der Waals surface area (Å²) in [6.45, 7) is 2.88. The van der Waals surface area contributed by atoms with Crippen molar-refractivity contribution in [3.8, 4) is 11.5 Å². The van der Waals surface area contributed by atoms with Crippen LogP contribution < -0.4 is 9.47 Å². The maximum Gasteiger partial charge on any atom is 0.254 e. The van der Waals surface area contributed by atoms with Crippen molar-refractivity contribution in [2.24, 2.45) is 0 Å². The van der Waals surface area contributed by atoms with Crippen molar-refractivity contribution in [2.75, 3.05) is 33.9 Å². The molecule has 0 unspecified atom stereocenters. The molecule has 0 aliphatic carbocycles. The van der Waals surface area contributed by atoms with Crippen LogP contribution in [0.3, 0.4) is 0 Å². The predicted molar refractivity (Wildman–Crippen MR) is 72.8 cm³/mol. The minimum Gasteiger partial charge on any atom is -0.497 e. The number of carbonyl (C=O) groups is 1. The summed E-state index contributed by atoms with van der Waals surface area (Å²) < 4.78 is 10.3. The zero-order chi connectivity index (χ0) is 14.3. The summed E-state index contributed by atoms with van der Waals surface area (Å²) in [5.74, 6) is 1.01. The van der Waals surface area contributed by atoms with Gasteiger partial charge in [0.25, 0.3) is 5.91 Å². The molecular formula is C14H21NO4. The molecule has 0 bridgehead atoms. The number of rotatable bonds is 7. The SMILES string of the molecule is CCCN(CCO)C(=O)c1cc(OC)cc(OC)c1. The lowest BCUT2D eigenvalue weighted by molar-refractivity contribution is 0.0721. The van der Waals surface area contributed by atoms with Crippen LogP contribution in [0.15, 0.2) is 18.2 Å². The van der Waals surface area contributed by atoms with E-state index in [0.29, 0.717) is 30.2 Å². The molecule has 1 aromatic rings. The fourth-order valence-corrected chi connectivity index (χ4v) is 1.82. The van der Waals surface area contributed by atoms with Gasteiger partial charge in [-0.1, -0.05) is 6.92 Å². The third-order valence-corrected chi connectivity index (χ3v) is 2.75. The number of hydrogen-bond donors (Lipinski definition) is 1. The molecule has 19 heavy (non-hydrogen) atoms. The largest absolute Gasteiger partial charge is 0.497 e. The topological polar surface area (TPSA) is 59.0 Å². The van der Waals surface area contributed by atoms with Gasteiger partial charge in [0.15, 0.2) is 0 Å². The number of benzene rings is 1. The minimum absolute atomic E-state index is 0.0488. The van der Waals surface area contributed by atoms with Crippen molar-refractivity contribution in [1.82, 2.24) is 4.90 Å². The first kappa shape index (κ1) is 15.3. The molecule has 0 radical (unpaired) electrons. The van der Waals surface area contributed by atoms with Crippen LogP contribution in [0.4, 0.5) is 0 Å². The molecule has 0 atom stereocenters. The van der Waals surface area contributed by atoms with Crippen LogP contribution in [0.5, 0.6) is 11.5 Å². The Morgan fingerprint density at radius 1 is 1.16 bits per heavy atom. The van der Waals surface area contributed by atoms with E-state index in [0.717, 1.165) is 6.42 Å². The van der Waals surface area contributed by atoms with E-state index in [2.05, 4.69) is 0 Å². The Balaban J connectivity index is 3.01. The van der Waals surface area contributed by atoms with Crippen LogP contribution in [-0.2, 0) is 0 Å². The molecule has 0 aromatic heterocycles. The number of aliphatic hydroxyl groups excluding tert-OH is 1. The lowest BCUT2D eigenvalue weighted by Gasteiger charge is -2.21. The molecule has 5 nitrogen and oxygen atoms in total. The summed E-state index contributed by atoms with van der Waals surface area (Å²) in [5, 5.41) is 9.02. The van der Waals surface area contributed by atoms with Crippen LogP contribution in [-0.4, -0.2) is 49.8 Å². The van der Waals surface area contributed by atoms with Gasteiger partial charge in [0, 0.05) is 24.7 Å². The summed E-state index contributed by atoms with van der Waals surface area (Å²) >= 11 is 0. The molecule has 0 saturated carbocycles. The van der Waals surface area contributed by atoms with E-state index in [9.17, 15) is 4.79 Å². The number of aliphatic hydroxyl groups is 1. The maximum absolute atomic E-state index is 12.4. The summed E-state index contributed by atoms with van der Waals surface area (Å²) in [5.41, 5.74) is 0.498. The lowest BCUT2D eigenvalue weighted by Crippen LogP contribution is -2.34. The van der Waals surface area contributed by atoms with Gasteiger partial charge >= 0.3 is 0 Å². The molecule has 1 N–H and O–H groups in total. The third kappa shape index (κ3) is 4.13. The molecule has 0 aliphatic rings. The van der Waals surface area contributed by atoms with Crippen molar-refractivity contribution in [3.63, 3.8) is 0 Å². The Kier molecular flexibility index (Phi) is 6.15. The molecule has 0 aliphatic heterocycles. The quantitative estimate of drug-likeness (QED) is 0.814. The molecule has 5 heteroatoms. The molecule has 1 rings (SSSR count). The van der Waals surface area contributed by atoms with E-state index >= 15 is 0 Å². The summed E-state index contributed by atoms with van der Waals surface area (Å²) in [6, 6.07) is 5.06. The molecule has 1 aromatic carbocycles. The van der Waals surface area contributed by atoms with Gasteiger partial charge < -0.3 is 19.5 Å². The van der Waals surface area contributed by atoms with Gasteiger partial charge in [0.1, 0.15) is 11.5 Å². The highest BCUT2D eigenvalue weighted by Gasteiger charge is 2.16. The first-order valence-electron chi connectivity index (χ1n) is 6.29. The maximum atomic E-state index is 12.4. The van der Waals surface area contributed by atoms with Gasteiger partial charge in [0.2, 0.25) is 0 Å². The van der Waals surface area contributed by atoms with Gasteiger partial charge in [-0.3, -0.25) is 4.79 Å². The zero-order valence-corrected chi connectivity index (χ0v) is 11.7. The molecule has 0 heterocycles. The highest BCUT2D eigenvalue weighted by atomic mass is 16.5. The van der Waals surface area contributed by atoms with Crippen LogP contribution in [0.1, 0.15) is 23.7 Å². The normalized spacial score (nSPS) is 10.1. The van der Waals surface area contributed by atoms with Crippen LogP contribution >= 0.6 is 0 Å². The van der Waals surface area contributed by atoms with E-state index in [-0.39, 0.29) is 12.5 Å². The number of ether oxygens (including phenoxy) is 2.